The molecular weight excluding hydrogens is 280 g/mol. The summed E-state index contributed by atoms with van der Waals surface area (Å²) in [5.41, 5.74) is 0.805. The topological polar surface area (TPSA) is 25.2 Å². The van der Waals surface area contributed by atoms with E-state index in [2.05, 4.69) is 29.8 Å². The molecule has 94 valence electrons. The van der Waals surface area contributed by atoms with E-state index >= 15 is 0 Å². The Morgan fingerprint density at radius 1 is 1.53 bits per heavy atom. The lowest BCUT2D eigenvalue weighted by atomic mass is 10.1. The molecule has 0 spiro atoms. The number of rotatable bonds is 3. The van der Waals surface area contributed by atoms with Crippen molar-refractivity contribution in [3.63, 3.8) is 0 Å². The first-order chi connectivity index (χ1) is 8.17. The number of hydrogen-bond acceptors (Lipinski definition) is 1. The van der Waals surface area contributed by atoms with Gasteiger partial charge in [-0.3, -0.25) is 4.79 Å². The number of hydrogen-bond donors (Lipinski definition) is 0. The molecule has 2 heterocycles. The zero-order chi connectivity index (χ0) is 12.4. The molecule has 0 N–H and O–H groups in total. The van der Waals surface area contributed by atoms with Gasteiger partial charge in [0.05, 0.1) is 0 Å². The molecule has 1 fully saturated rings. The Balaban J connectivity index is 2.24. The lowest BCUT2D eigenvalue weighted by Crippen LogP contribution is -2.36. The van der Waals surface area contributed by atoms with Crippen molar-refractivity contribution >= 4 is 21.8 Å². The highest BCUT2D eigenvalue weighted by atomic mass is 79.9. The van der Waals surface area contributed by atoms with Crippen molar-refractivity contribution in [1.29, 1.82) is 0 Å². The van der Waals surface area contributed by atoms with E-state index in [1.165, 1.54) is 0 Å². The minimum atomic E-state index is 0.182. The molecule has 1 atom stereocenters. The largest absolute Gasteiger partial charge is 0.343 e. The van der Waals surface area contributed by atoms with Crippen LogP contribution in [0.3, 0.4) is 0 Å². The third-order valence-electron chi connectivity index (χ3n) is 3.53. The zero-order valence-electron chi connectivity index (χ0n) is 10.4. The maximum atomic E-state index is 12.5. The first kappa shape index (κ1) is 12.7. The molecule has 1 aromatic rings. The minimum Gasteiger partial charge on any atom is -0.343 e. The van der Waals surface area contributed by atoms with Gasteiger partial charge in [-0.15, -0.1) is 0 Å². The summed E-state index contributed by atoms with van der Waals surface area (Å²) in [6, 6.07) is 2.36. The Labute approximate surface area is 111 Å². The van der Waals surface area contributed by atoms with Crippen LogP contribution in [0.4, 0.5) is 0 Å². The average Bonchev–Trinajstić information content (AvgIpc) is 2.93. The van der Waals surface area contributed by atoms with Gasteiger partial charge >= 0.3 is 0 Å². The Morgan fingerprint density at radius 3 is 2.94 bits per heavy atom. The fourth-order valence-electron chi connectivity index (χ4n) is 2.59. The quantitative estimate of drug-likeness (QED) is 0.841. The third-order valence-corrected chi connectivity index (χ3v) is 3.97. The van der Waals surface area contributed by atoms with Crippen molar-refractivity contribution in [1.82, 2.24) is 9.47 Å². The Morgan fingerprint density at radius 2 is 2.29 bits per heavy atom. The summed E-state index contributed by atoms with van der Waals surface area (Å²) in [5.74, 6) is 0.182. The number of halogens is 1. The van der Waals surface area contributed by atoms with Crippen LogP contribution in [0.1, 0.15) is 43.6 Å². The summed E-state index contributed by atoms with van der Waals surface area (Å²) in [7, 11) is 0. The van der Waals surface area contributed by atoms with Gasteiger partial charge in [0, 0.05) is 29.8 Å². The smallest absolute Gasteiger partial charge is 0.270 e. The lowest BCUT2D eigenvalue weighted by Gasteiger charge is -2.24. The van der Waals surface area contributed by atoms with Crippen LogP contribution >= 0.6 is 15.9 Å². The van der Waals surface area contributed by atoms with Gasteiger partial charge in [-0.25, -0.2) is 0 Å². The first-order valence-electron chi connectivity index (χ1n) is 6.34. The highest BCUT2D eigenvalue weighted by Gasteiger charge is 2.29. The SMILES string of the molecule is CCC1CCCN1C(=O)c1cc(Br)cn1CC. The molecule has 1 amide bonds. The van der Waals surface area contributed by atoms with Gasteiger partial charge < -0.3 is 9.47 Å². The zero-order valence-corrected chi connectivity index (χ0v) is 12.0. The van der Waals surface area contributed by atoms with Gasteiger partial charge in [0.15, 0.2) is 0 Å². The van der Waals surface area contributed by atoms with Crippen LogP contribution in [0.5, 0.6) is 0 Å². The van der Waals surface area contributed by atoms with Crippen LogP contribution in [0, 0.1) is 0 Å². The molecule has 3 nitrogen and oxygen atoms in total. The normalized spacial score (nSPS) is 19.9. The minimum absolute atomic E-state index is 0.182. The monoisotopic (exact) mass is 298 g/mol. The summed E-state index contributed by atoms with van der Waals surface area (Å²) >= 11 is 3.44. The van der Waals surface area contributed by atoms with Crippen molar-refractivity contribution in [3.8, 4) is 0 Å². The standard InChI is InChI=1S/C13H19BrN2O/c1-3-11-6-5-7-16(11)13(17)12-8-10(14)9-15(12)4-2/h8-9,11H,3-7H2,1-2H3. The molecule has 1 unspecified atom stereocenters. The maximum absolute atomic E-state index is 12.5. The molecule has 0 aliphatic carbocycles. The van der Waals surface area contributed by atoms with Crippen molar-refractivity contribution in [2.24, 2.45) is 0 Å². The molecule has 0 aromatic carbocycles. The fraction of sp³-hybridized carbons (Fsp3) is 0.615. The van der Waals surface area contributed by atoms with Crippen molar-refractivity contribution in [3.05, 3.63) is 22.4 Å². The van der Waals surface area contributed by atoms with Gasteiger partial charge in [0.2, 0.25) is 0 Å². The molecule has 1 aliphatic heterocycles. The molecule has 0 bridgehead atoms. The van der Waals surface area contributed by atoms with Crippen LogP contribution in [-0.2, 0) is 6.54 Å². The number of aromatic nitrogens is 1. The van der Waals surface area contributed by atoms with E-state index in [0.29, 0.717) is 6.04 Å². The number of carbonyl (C=O) groups is 1. The van der Waals surface area contributed by atoms with E-state index in [-0.39, 0.29) is 5.91 Å². The van der Waals surface area contributed by atoms with E-state index in [1.807, 2.05) is 21.7 Å². The molecule has 1 saturated heterocycles. The lowest BCUT2D eigenvalue weighted by molar-refractivity contribution is 0.0723. The van der Waals surface area contributed by atoms with E-state index in [4.69, 9.17) is 0 Å². The van der Waals surface area contributed by atoms with Crippen LogP contribution in [-0.4, -0.2) is 28.0 Å². The van der Waals surface area contributed by atoms with Gasteiger partial charge in [-0.05, 0) is 48.2 Å². The summed E-state index contributed by atoms with van der Waals surface area (Å²) in [6.45, 7) is 5.96. The van der Waals surface area contributed by atoms with Crippen molar-refractivity contribution < 1.29 is 4.79 Å². The van der Waals surface area contributed by atoms with Gasteiger partial charge in [-0.1, -0.05) is 6.92 Å². The first-order valence-corrected chi connectivity index (χ1v) is 7.13. The highest BCUT2D eigenvalue weighted by molar-refractivity contribution is 9.10. The number of amides is 1. The van der Waals surface area contributed by atoms with Crippen LogP contribution < -0.4 is 0 Å². The number of nitrogens with zero attached hydrogens (tertiary/aromatic N) is 2. The van der Waals surface area contributed by atoms with Crippen molar-refractivity contribution in [2.45, 2.75) is 45.7 Å². The molecule has 1 aromatic heterocycles. The van der Waals surface area contributed by atoms with E-state index in [1.54, 1.807) is 0 Å². The second kappa shape index (κ2) is 5.25. The molecular formula is C13H19BrN2O. The number of aryl methyl sites for hydroxylation is 1. The second-order valence-corrected chi connectivity index (χ2v) is 5.45. The van der Waals surface area contributed by atoms with Gasteiger partial charge in [0.1, 0.15) is 5.69 Å². The molecule has 1 aliphatic rings. The fourth-order valence-corrected chi connectivity index (χ4v) is 3.05. The highest BCUT2D eigenvalue weighted by Crippen LogP contribution is 2.24. The predicted octanol–water partition coefficient (Wildman–Crippen LogP) is 3.29. The van der Waals surface area contributed by atoms with Crippen LogP contribution in [0.25, 0.3) is 0 Å². The van der Waals surface area contributed by atoms with Crippen LogP contribution in [0.2, 0.25) is 0 Å². The Hall–Kier alpha value is -0.770. The van der Waals surface area contributed by atoms with Crippen molar-refractivity contribution in [2.75, 3.05) is 6.54 Å². The van der Waals surface area contributed by atoms with Gasteiger partial charge in [0.25, 0.3) is 5.91 Å². The summed E-state index contributed by atoms with van der Waals surface area (Å²) in [6.07, 6.45) is 5.32. The van der Waals surface area contributed by atoms with Gasteiger partial charge in [-0.2, -0.15) is 0 Å². The summed E-state index contributed by atoms with van der Waals surface area (Å²) in [5, 5.41) is 0. The molecule has 0 radical (unpaired) electrons. The predicted molar refractivity (Wildman–Crippen MR) is 72.2 cm³/mol. The Bertz CT molecular complexity index is 414. The number of likely N-dealkylation sites (tertiary alicyclic amines) is 1. The van der Waals surface area contributed by atoms with E-state index in [0.717, 1.165) is 42.5 Å². The van der Waals surface area contributed by atoms with Crippen LogP contribution in [0.15, 0.2) is 16.7 Å². The van der Waals surface area contributed by atoms with E-state index < -0.39 is 0 Å². The summed E-state index contributed by atoms with van der Waals surface area (Å²) < 4.78 is 2.99. The molecule has 17 heavy (non-hydrogen) atoms. The summed E-state index contributed by atoms with van der Waals surface area (Å²) in [4.78, 5) is 14.5. The average molecular weight is 299 g/mol. The third kappa shape index (κ3) is 2.41. The molecule has 0 saturated carbocycles. The molecule has 4 heteroatoms. The number of carbonyl (C=O) groups excluding carboxylic acids is 1. The second-order valence-electron chi connectivity index (χ2n) is 4.53. The Kier molecular flexibility index (Phi) is 3.92. The van der Waals surface area contributed by atoms with E-state index in [9.17, 15) is 4.79 Å². The molecule has 2 rings (SSSR count). The maximum Gasteiger partial charge on any atom is 0.270 e.